The second kappa shape index (κ2) is 6.14. The zero-order valence-corrected chi connectivity index (χ0v) is 12.4. The smallest absolute Gasteiger partial charge is 0.233 e. The van der Waals surface area contributed by atoms with Crippen molar-refractivity contribution in [3.63, 3.8) is 0 Å². The fourth-order valence-corrected chi connectivity index (χ4v) is 2.32. The Morgan fingerprint density at radius 1 is 1.39 bits per heavy atom. The van der Waals surface area contributed by atoms with E-state index < -0.39 is 0 Å². The van der Waals surface area contributed by atoms with Crippen molar-refractivity contribution >= 4 is 17.7 Å². The number of carbonyl (C=O) groups excluding carboxylic acids is 1. The average molecular weight is 267 g/mol. The number of ether oxygens (including phenoxy) is 1. The quantitative estimate of drug-likeness (QED) is 0.852. The van der Waals surface area contributed by atoms with E-state index in [0.717, 1.165) is 10.6 Å². The number of methoxy groups -OCH3 is 1. The molecule has 0 fully saturated rings. The normalized spacial score (nSPS) is 12.9. The summed E-state index contributed by atoms with van der Waals surface area (Å²) in [6, 6.07) is 7.74. The van der Waals surface area contributed by atoms with E-state index >= 15 is 0 Å². The van der Waals surface area contributed by atoms with Crippen molar-refractivity contribution in [1.82, 2.24) is 5.32 Å². The van der Waals surface area contributed by atoms with Gasteiger partial charge in [0.2, 0.25) is 5.91 Å². The van der Waals surface area contributed by atoms with Crippen molar-refractivity contribution < 1.29 is 9.53 Å². The third-order valence-electron chi connectivity index (χ3n) is 2.22. The molecule has 0 heterocycles. The summed E-state index contributed by atoms with van der Waals surface area (Å²) in [6.07, 6.45) is 0. The Morgan fingerprint density at radius 2 is 2.06 bits per heavy atom. The van der Waals surface area contributed by atoms with Crippen LogP contribution in [0.2, 0.25) is 0 Å². The van der Waals surface area contributed by atoms with Crippen molar-refractivity contribution in [3.8, 4) is 5.75 Å². The van der Waals surface area contributed by atoms with Gasteiger partial charge < -0.3 is 10.1 Å². The molecule has 1 amide bonds. The van der Waals surface area contributed by atoms with E-state index in [1.165, 1.54) is 11.8 Å². The maximum atomic E-state index is 12.0. The number of amides is 1. The predicted molar refractivity (Wildman–Crippen MR) is 76.2 cm³/mol. The van der Waals surface area contributed by atoms with Gasteiger partial charge in [-0.3, -0.25) is 4.79 Å². The average Bonchev–Trinajstić information content (AvgIpc) is 2.27. The Bertz CT molecular complexity index is 413. The van der Waals surface area contributed by atoms with Crippen LogP contribution in [0.15, 0.2) is 29.2 Å². The summed E-state index contributed by atoms with van der Waals surface area (Å²) in [5.41, 5.74) is -0.194. The summed E-state index contributed by atoms with van der Waals surface area (Å²) in [7, 11) is 1.64. The lowest BCUT2D eigenvalue weighted by molar-refractivity contribution is -0.121. The summed E-state index contributed by atoms with van der Waals surface area (Å²) in [5.74, 6) is 0.860. The van der Waals surface area contributed by atoms with Crippen LogP contribution >= 0.6 is 11.8 Å². The number of rotatable bonds is 4. The highest BCUT2D eigenvalue weighted by Gasteiger charge is 2.20. The minimum absolute atomic E-state index is 0.0512. The van der Waals surface area contributed by atoms with Gasteiger partial charge >= 0.3 is 0 Å². The molecular formula is C14H21NO2S. The topological polar surface area (TPSA) is 38.3 Å². The second-order valence-corrected chi connectivity index (χ2v) is 6.59. The third kappa shape index (κ3) is 5.00. The third-order valence-corrected chi connectivity index (χ3v) is 3.32. The highest BCUT2D eigenvalue weighted by molar-refractivity contribution is 8.00. The van der Waals surface area contributed by atoms with Gasteiger partial charge in [-0.15, -0.1) is 11.8 Å². The lowest BCUT2D eigenvalue weighted by Gasteiger charge is -2.23. The Labute approximate surface area is 113 Å². The molecule has 1 aromatic rings. The van der Waals surface area contributed by atoms with E-state index in [-0.39, 0.29) is 16.7 Å². The van der Waals surface area contributed by atoms with E-state index in [4.69, 9.17) is 4.74 Å². The first-order chi connectivity index (χ1) is 8.31. The maximum Gasteiger partial charge on any atom is 0.233 e. The molecule has 0 aliphatic carbocycles. The number of hydrogen-bond donors (Lipinski definition) is 1. The molecule has 1 rings (SSSR count). The lowest BCUT2D eigenvalue weighted by Crippen LogP contribution is -2.44. The number of benzene rings is 1. The Balaban J connectivity index is 2.63. The molecule has 0 unspecified atom stereocenters. The molecule has 0 aromatic heterocycles. The number of nitrogens with one attached hydrogen (secondary N) is 1. The molecule has 4 heteroatoms. The molecule has 0 aliphatic heterocycles. The van der Waals surface area contributed by atoms with Gasteiger partial charge in [-0.25, -0.2) is 0 Å². The molecule has 0 radical (unpaired) electrons. The summed E-state index contributed by atoms with van der Waals surface area (Å²) < 4.78 is 5.16. The van der Waals surface area contributed by atoms with Crippen molar-refractivity contribution in [2.45, 2.75) is 43.4 Å². The van der Waals surface area contributed by atoms with Crippen molar-refractivity contribution in [2.75, 3.05) is 7.11 Å². The predicted octanol–water partition coefficient (Wildman–Crippen LogP) is 3.09. The van der Waals surface area contributed by atoms with E-state index in [1.807, 2.05) is 52.0 Å². The van der Waals surface area contributed by atoms with Gasteiger partial charge in [-0.1, -0.05) is 6.07 Å². The minimum Gasteiger partial charge on any atom is -0.497 e. The van der Waals surface area contributed by atoms with Gasteiger partial charge in [-0.2, -0.15) is 0 Å². The summed E-state index contributed by atoms with van der Waals surface area (Å²) >= 11 is 1.53. The Hall–Kier alpha value is -1.16. The van der Waals surface area contributed by atoms with Crippen LogP contribution in [0, 0.1) is 0 Å². The molecule has 0 saturated carbocycles. The summed E-state index contributed by atoms with van der Waals surface area (Å²) in [6.45, 7) is 7.85. The molecule has 0 spiro atoms. The molecule has 1 atom stereocenters. The van der Waals surface area contributed by atoms with E-state index in [2.05, 4.69) is 5.32 Å². The van der Waals surface area contributed by atoms with Crippen LogP contribution in [-0.4, -0.2) is 23.8 Å². The SMILES string of the molecule is COc1cccc(S[C@@H](C)C(=O)NC(C)(C)C)c1. The molecule has 100 valence electrons. The molecule has 18 heavy (non-hydrogen) atoms. The minimum atomic E-state index is -0.194. The largest absolute Gasteiger partial charge is 0.497 e. The Morgan fingerprint density at radius 3 is 2.61 bits per heavy atom. The molecule has 1 aromatic carbocycles. The van der Waals surface area contributed by atoms with Gasteiger partial charge in [0, 0.05) is 10.4 Å². The summed E-state index contributed by atoms with van der Waals surface area (Å²) in [4.78, 5) is 13.0. The van der Waals surface area contributed by atoms with Crippen molar-refractivity contribution in [3.05, 3.63) is 24.3 Å². The molecular weight excluding hydrogens is 246 g/mol. The highest BCUT2D eigenvalue weighted by atomic mass is 32.2. The first-order valence-corrected chi connectivity index (χ1v) is 6.82. The van der Waals surface area contributed by atoms with Gasteiger partial charge in [0.25, 0.3) is 0 Å². The lowest BCUT2D eigenvalue weighted by atomic mass is 10.1. The molecule has 0 saturated heterocycles. The number of thioether (sulfide) groups is 1. The fourth-order valence-electron chi connectivity index (χ4n) is 1.40. The summed E-state index contributed by atoms with van der Waals surface area (Å²) in [5, 5.41) is 2.85. The van der Waals surface area contributed by atoms with Crippen LogP contribution in [-0.2, 0) is 4.79 Å². The highest BCUT2D eigenvalue weighted by Crippen LogP contribution is 2.26. The molecule has 1 N–H and O–H groups in total. The molecule has 3 nitrogen and oxygen atoms in total. The van der Waals surface area contributed by atoms with Crippen LogP contribution in [0.5, 0.6) is 5.75 Å². The first-order valence-electron chi connectivity index (χ1n) is 5.94. The van der Waals surface area contributed by atoms with Gasteiger partial charge in [0.15, 0.2) is 0 Å². The van der Waals surface area contributed by atoms with Crippen molar-refractivity contribution in [2.24, 2.45) is 0 Å². The van der Waals surface area contributed by atoms with Crippen LogP contribution in [0.25, 0.3) is 0 Å². The maximum absolute atomic E-state index is 12.0. The van der Waals surface area contributed by atoms with Crippen LogP contribution < -0.4 is 10.1 Å². The molecule has 0 aliphatic rings. The Kier molecular flexibility index (Phi) is 5.08. The van der Waals surface area contributed by atoms with E-state index in [9.17, 15) is 4.79 Å². The zero-order valence-electron chi connectivity index (χ0n) is 11.6. The standard InChI is InChI=1S/C14H21NO2S/c1-10(13(16)15-14(2,3)4)18-12-8-6-7-11(9-12)17-5/h6-10H,1-5H3,(H,15,16)/t10-/m0/s1. The van der Waals surface area contributed by atoms with Gasteiger partial charge in [-0.05, 0) is 45.9 Å². The monoisotopic (exact) mass is 267 g/mol. The van der Waals surface area contributed by atoms with Crippen LogP contribution in [0.1, 0.15) is 27.7 Å². The van der Waals surface area contributed by atoms with E-state index in [1.54, 1.807) is 7.11 Å². The number of carbonyl (C=O) groups is 1. The second-order valence-electron chi connectivity index (χ2n) is 5.18. The van der Waals surface area contributed by atoms with Crippen LogP contribution in [0.3, 0.4) is 0 Å². The van der Waals surface area contributed by atoms with Gasteiger partial charge in [0.1, 0.15) is 5.75 Å². The first kappa shape index (κ1) is 14.9. The zero-order chi connectivity index (χ0) is 13.8. The fraction of sp³-hybridized carbons (Fsp3) is 0.500. The number of hydrogen-bond acceptors (Lipinski definition) is 3. The van der Waals surface area contributed by atoms with Crippen LogP contribution in [0.4, 0.5) is 0 Å². The molecule has 0 bridgehead atoms. The van der Waals surface area contributed by atoms with Gasteiger partial charge in [0.05, 0.1) is 12.4 Å². The van der Waals surface area contributed by atoms with E-state index in [0.29, 0.717) is 0 Å². The van der Waals surface area contributed by atoms with Crippen molar-refractivity contribution in [1.29, 1.82) is 0 Å².